The molecule has 0 aliphatic heterocycles. The first-order valence-electron chi connectivity index (χ1n) is 4.03. The lowest BCUT2D eigenvalue weighted by Gasteiger charge is -1.89. The molecule has 4 heteroatoms. The molecule has 0 bridgehead atoms. The van der Waals surface area contributed by atoms with E-state index < -0.39 is 0 Å². The van der Waals surface area contributed by atoms with Gasteiger partial charge in [0.15, 0.2) is 0 Å². The highest BCUT2D eigenvalue weighted by Crippen LogP contribution is 2.14. The zero-order valence-corrected chi connectivity index (χ0v) is 8.85. The molecule has 0 saturated carbocycles. The largest absolute Gasteiger partial charge is 0.508 e. The van der Waals surface area contributed by atoms with Crippen LogP contribution < -0.4 is 0 Å². The van der Waals surface area contributed by atoms with Crippen molar-refractivity contribution in [3.8, 4) is 11.5 Å². The molecule has 80 valence electrons. The predicted molar refractivity (Wildman–Crippen MR) is 61.2 cm³/mol. The number of thiophene rings is 1. The molecule has 0 unspecified atom stereocenters. The SMILES string of the molecule is C=O.Oc1cccc(O)c1.c1ccsc1. The summed E-state index contributed by atoms with van der Waals surface area (Å²) in [4.78, 5) is 8.00. The van der Waals surface area contributed by atoms with Crippen molar-refractivity contribution in [2.45, 2.75) is 0 Å². The van der Waals surface area contributed by atoms with Crippen LogP contribution in [-0.2, 0) is 4.79 Å². The molecule has 0 spiro atoms. The van der Waals surface area contributed by atoms with Gasteiger partial charge in [-0.25, -0.2) is 0 Å². The molecular formula is C11H12O3S. The van der Waals surface area contributed by atoms with Crippen LogP contribution in [0.5, 0.6) is 11.5 Å². The van der Waals surface area contributed by atoms with Crippen LogP contribution in [0.15, 0.2) is 47.2 Å². The summed E-state index contributed by atoms with van der Waals surface area (Å²) < 4.78 is 0. The Bertz CT molecular complexity index is 312. The van der Waals surface area contributed by atoms with E-state index in [0.29, 0.717) is 0 Å². The number of carbonyl (C=O) groups excluding carboxylic acids is 1. The number of carbonyl (C=O) groups is 1. The zero-order chi connectivity index (χ0) is 11.5. The number of hydrogen-bond acceptors (Lipinski definition) is 4. The molecule has 0 aliphatic rings. The van der Waals surface area contributed by atoms with E-state index in [2.05, 4.69) is 0 Å². The lowest BCUT2D eigenvalue weighted by molar-refractivity contribution is -0.0979. The van der Waals surface area contributed by atoms with E-state index in [9.17, 15) is 0 Å². The van der Waals surface area contributed by atoms with Crippen LogP contribution in [0, 0.1) is 0 Å². The van der Waals surface area contributed by atoms with Gasteiger partial charge in [0, 0.05) is 6.07 Å². The van der Waals surface area contributed by atoms with E-state index in [1.54, 1.807) is 17.4 Å². The number of hydrogen-bond donors (Lipinski definition) is 2. The van der Waals surface area contributed by atoms with Crippen LogP contribution in [0.25, 0.3) is 0 Å². The van der Waals surface area contributed by atoms with Gasteiger partial charge in [0.1, 0.15) is 18.3 Å². The minimum absolute atomic E-state index is 0.0880. The van der Waals surface area contributed by atoms with E-state index in [1.807, 2.05) is 29.7 Å². The van der Waals surface area contributed by atoms with Gasteiger partial charge in [-0.05, 0) is 22.9 Å². The summed E-state index contributed by atoms with van der Waals surface area (Å²) in [6, 6.07) is 9.89. The van der Waals surface area contributed by atoms with Gasteiger partial charge in [-0.2, -0.15) is 11.3 Å². The summed E-state index contributed by atoms with van der Waals surface area (Å²) in [6.07, 6.45) is 0. The van der Waals surface area contributed by atoms with Crippen molar-refractivity contribution in [1.82, 2.24) is 0 Å². The number of rotatable bonds is 0. The van der Waals surface area contributed by atoms with E-state index >= 15 is 0 Å². The van der Waals surface area contributed by atoms with Gasteiger partial charge in [-0.3, -0.25) is 0 Å². The molecule has 0 fully saturated rings. The lowest BCUT2D eigenvalue weighted by Crippen LogP contribution is -1.61. The third kappa shape index (κ3) is 7.28. The fourth-order valence-corrected chi connectivity index (χ4v) is 1.17. The van der Waals surface area contributed by atoms with Crippen molar-refractivity contribution >= 4 is 18.1 Å². The van der Waals surface area contributed by atoms with Crippen LogP contribution in [0.4, 0.5) is 0 Å². The van der Waals surface area contributed by atoms with Crippen LogP contribution in [0.2, 0.25) is 0 Å². The molecule has 3 nitrogen and oxygen atoms in total. The highest BCUT2D eigenvalue weighted by Gasteiger charge is 1.85. The van der Waals surface area contributed by atoms with Gasteiger partial charge >= 0.3 is 0 Å². The highest BCUT2D eigenvalue weighted by molar-refractivity contribution is 7.07. The molecule has 0 radical (unpaired) electrons. The Morgan fingerprint density at radius 2 is 1.40 bits per heavy atom. The number of phenolic OH excluding ortho intramolecular Hbond substituents is 2. The molecule has 2 N–H and O–H groups in total. The van der Waals surface area contributed by atoms with Crippen molar-refractivity contribution in [3.05, 3.63) is 47.2 Å². The van der Waals surface area contributed by atoms with Crippen molar-refractivity contribution in [2.24, 2.45) is 0 Å². The zero-order valence-electron chi connectivity index (χ0n) is 8.04. The van der Waals surface area contributed by atoms with Gasteiger partial charge in [0.05, 0.1) is 0 Å². The molecule has 0 aliphatic carbocycles. The van der Waals surface area contributed by atoms with Crippen LogP contribution >= 0.6 is 11.3 Å². The van der Waals surface area contributed by atoms with Crippen molar-refractivity contribution in [3.63, 3.8) is 0 Å². The fraction of sp³-hybridized carbons (Fsp3) is 0. The molecule has 15 heavy (non-hydrogen) atoms. The maximum absolute atomic E-state index is 8.65. The second-order valence-corrected chi connectivity index (χ2v) is 3.13. The number of aromatic hydroxyl groups is 2. The second kappa shape index (κ2) is 8.77. The Hall–Kier alpha value is -1.81. The second-order valence-electron chi connectivity index (χ2n) is 2.31. The quantitative estimate of drug-likeness (QED) is 0.723. The van der Waals surface area contributed by atoms with E-state index in [4.69, 9.17) is 15.0 Å². The summed E-state index contributed by atoms with van der Waals surface area (Å²) in [7, 11) is 0. The fourth-order valence-electron chi connectivity index (χ4n) is 0.720. The Kier molecular flexibility index (Phi) is 7.71. The molecule has 1 aromatic heterocycles. The summed E-state index contributed by atoms with van der Waals surface area (Å²) in [6.45, 7) is 2.00. The van der Waals surface area contributed by atoms with Crippen LogP contribution in [0.1, 0.15) is 0 Å². The topological polar surface area (TPSA) is 57.5 Å². The van der Waals surface area contributed by atoms with Crippen molar-refractivity contribution in [1.29, 1.82) is 0 Å². The minimum Gasteiger partial charge on any atom is -0.508 e. The highest BCUT2D eigenvalue weighted by atomic mass is 32.1. The maximum Gasteiger partial charge on any atom is 0.119 e. The van der Waals surface area contributed by atoms with Crippen molar-refractivity contribution in [2.75, 3.05) is 0 Å². The van der Waals surface area contributed by atoms with Gasteiger partial charge < -0.3 is 15.0 Å². The molecule has 1 heterocycles. The Morgan fingerprint density at radius 3 is 1.60 bits per heavy atom. The maximum atomic E-state index is 8.65. The van der Waals surface area contributed by atoms with E-state index in [1.165, 1.54) is 18.2 Å². The molecule has 2 rings (SSSR count). The first kappa shape index (κ1) is 13.2. The molecule has 0 saturated heterocycles. The summed E-state index contributed by atoms with van der Waals surface area (Å²) in [5, 5.41) is 21.4. The monoisotopic (exact) mass is 224 g/mol. The van der Waals surface area contributed by atoms with Crippen LogP contribution in [-0.4, -0.2) is 17.0 Å². The number of benzene rings is 1. The van der Waals surface area contributed by atoms with E-state index in [-0.39, 0.29) is 11.5 Å². The Balaban J connectivity index is 0.000000241. The summed E-state index contributed by atoms with van der Waals surface area (Å²) in [5.74, 6) is 0.176. The van der Waals surface area contributed by atoms with Gasteiger partial charge in [0.25, 0.3) is 0 Å². The molecular weight excluding hydrogens is 212 g/mol. The Morgan fingerprint density at radius 1 is 0.933 bits per heavy atom. The molecule has 1 aromatic carbocycles. The molecule has 2 aromatic rings. The van der Waals surface area contributed by atoms with Crippen molar-refractivity contribution < 1.29 is 15.0 Å². The average molecular weight is 224 g/mol. The molecule has 0 atom stereocenters. The average Bonchev–Trinajstić information content (AvgIpc) is 2.78. The lowest BCUT2D eigenvalue weighted by atomic mass is 10.3. The van der Waals surface area contributed by atoms with Gasteiger partial charge in [0.2, 0.25) is 0 Å². The third-order valence-corrected chi connectivity index (χ3v) is 1.88. The predicted octanol–water partition coefficient (Wildman–Crippen LogP) is 2.66. The van der Waals surface area contributed by atoms with Gasteiger partial charge in [-0.1, -0.05) is 18.2 Å². The molecule has 0 amide bonds. The normalized spacial score (nSPS) is 7.73. The van der Waals surface area contributed by atoms with Gasteiger partial charge in [-0.15, -0.1) is 0 Å². The first-order valence-corrected chi connectivity index (χ1v) is 4.97. The number of phenols is 2. The summed E-state index contributed by atoms with van der Waals surface area (Å²) >= 11 is 1.71. The third-order valence-electron chi connectivity index (χ3n) is 1.26. The van der Waals surface area contributed by atoms with Crippen LogP contribution in [0.3, 0.4) is 0 Å². The van der Waals surface area contributed by atoms with E-state index in [0.717, 1.165) is 0 Å². The summed E-state index contributed by atoms with van der Waals surface area (Å²) in [5.41, 5.74) is 0. The first-order chi connectivity index (χ1) is 7.29. The standard InChI is InChI=1S/C6H6O2.C4H4S.CH2O/c7-5-2-1-3-6(8)4-5;1-2-4-5-3-1;1-2/h1-4,7-8H;1-4H;1H2. The minimum atomic E-state index is 0.0880. The smallest absolute Gasteiger partial charge is 0.119 e. The Labute approximate surface area is 92.3 Å².